The smallest absolute Gasteiger partial charge is 0.254 e. The summed E-state index contributed by atoms with van der Waals surface area (Å²) < 4.78 is 12.0. The molecule has 0 aliphatic carbocycles. The van der Waals surface area contributed by atoms with E-state index in [0.717, 1.165) is 11.1 Å². The minimum atomic E-state index is -0.281. The lowest BCUT2D eigenvalue weighted by molar-refractivity contribution is -0.132. The molecule has 0 saturated carbocycles. The van der Waals surface area contributed by atoms with E-state index >= 15 is 0 Å². The molecule has 1 aromatic heterocycles. The predicted octanol–water partition coefficient (Wildman–Crippen LogP) is 2.69. The molecule has 1 aliphatic rings. The summed E-state index contributed by atoms with van der Waals surface area (Å²) in [5, 5.41) is 0. The third kappa shape index (κ3) is 4.13. The second-order valence-electron chi connectivity index (χ2n) is 6.70. The van der Waals surface area contributed by atoms with E-state index in [9.17, 15) is 9.59 Å². The van der Waals surface area contributed by atoms with Gasteiger partial charge in [-0.15, -0.1) is 0 Å². The Balaban J connectivity index is 1.49. The van der Waals surface area contributed by atoms with E-state index in [4.69, 9.17) is 9.47 Å². The maximum absolute atomic E-state index is 12.7. The number of hydrogen-bond acceptors (Lipinski definition) is 5. The molecule has 148 valence electrons. The average Bonchev–Trinajstić information content (AvgIpc) is 3.22. The zero-order chi connectivity index (χ0) is 20.2. The Hall–Kier alpha value is -3.61. The van der Waals surface area contributed by atoms with Gasteiger partial charge >= 0.3 is 0 Å². The standard InChI is InChI=1S/C22H21N3O4/c1-2-24(12-16-6-4-3-5-7-16)22(27)13-25-14-23-18(11-21(25)26)17-8-9-19-20(10-17)29-15-28-19/h3-11,14H,2,12-13,15H2,1H3. The summed E-state index contributed by atoms with van der Waals surface area (Å²) in [6.45, 7) is 3.13. The van der Waals surface area contributed by atoms with Crippen molar-refractivity contribution in [3.8, 4) is 22.8 Å². The van der Waals surface area contributed by atoms with E-state index in [1.54, 1.807) is 17.0 Å². The first-order chi connectivity index (χ1) is 14.1. The second kappa shape index (κ2) is 8.18. The summed E-state index contributed by atoms with van der Waals surface area (Å²) in [5.74, 6) is 1.17. The molecule has 3 aromatic rings. The van der Waals surface area contributed by atoms with Crippen molar-refractivity contribution in [2.75, 3.05) is 13.3 Å². The molecule has 7 heteroatoms. The van der Waals surface area contributed by atoms with Crippen LogP contribution in [0.1, 0.15) is 12.5 Å². The normalized spacial score (nSPS) is 12.0. The van der Waals surface area contributed by atoms with Crippen molar-refractivity contribution < 1.29 is 14.3 Å². The van der Waals surface area contributed by atoms with Gasteiger partial charge in [-0.25, -0.2) is 4.98 Å². The number of carbonyl (C=O) groups is 1. The fourth-order valence-corrected chi connectivity index (χ4v) is 3.18. The summed E-state index contributed by atoms with van der Waals surface area (Å²) in [6, 6.07) is 16.6. The first-order valence-electron chi connectivity index (χ1n) is 9.42. The molecule has 0 bridgehead atoms. The van der Waals surface area contributed by atoms with Gasteiger partial charge in [0.25, 0.3) is 5.56 Å². The van der Waals surface area contributed by atoms with Crippen LogP contribution < -0.4 is 15.0 Å². The van der Waals surface area contributed by atoms with Crippen molar-refractivity contribution >= 4 is 5.91 Å². The number of nitrogens with zero attached hydrogens (tertiary/aromatic N) is 3. The second-order valence-corrected chi connectivity index (χ2v) is 6.70. The predicted molar refractivity (Wildman–Crippen MR) is 108 cm³/mol. The molecule has 4 rings (SSSR count). The molecular weight excluding hydrogens is 370 g/mol. The summed E-state index contributed by atoms with van der Waals surface area (Å²) in [4.78, 5) is 31.3. The molecule has 0 fully saturated rings. The highest BCUT2D eigenvalue weighted by Gasteiger charge is 2.16. The van der Waals surface area contributed by atoms with Gasteiger partial charge in [0, 0.05) is 24.7 Å². The number of fused-ring (bicyclic) bond motifs is 1. The number of benzene rings is 2. The Morgan fingerprint density at radius 2 is 1.90 bits per heavy atom. The summed E-state index contributed by atoms with van der Waals surface area (Å²) in [5.41, 5.74) is 2.04. The minimum absolute atomic E-state index is 0.0477. The molecule has 0 N–H and O–H groups in total. The van der Waals surface area contributed by atoms with E-state index in [1.807, 2.05) is 43.3 Å². The van der Waals surface area contributed by atoms with Crippen LogP contribution in [0.3, 0.4) is 0 Å². The van der Waals surface area contributed by atoms with E-state index in [-0.39, 0.29) is 24.8 Å². The highest BCUT2D eigenvalue weighted by Crippen LogP contribution is 2.35. The number of hydrogen-bond donors (Lipinski definition) is 0. The lowest BCUT2D eigenvalue weighted by Crippen LogP contribution is -2.36. The molecule has 0 spiro atoms. The van der Waals surface area contributed by atoms with Gasteiger partial charge in [0.2, 0.25) is 12.7 Å². The number of rotatable bonds is 6. The highest BCUT2D eigenvalue weighted by atomic mass is 16.7. The Kier molecular flexibility index (Phi) is 5.29. The Morgan fingerprint density at radius 3 is 2.66 bits per heavy atom. The third-order valence-corrected chi connectivity index (χ3v) is 4.80. The van der Waals surface area contributed by atoms with Crippen molar-refractivity contribution in [1.82, 2.24) is 14.5 Å². The van der Waals surface area contributed by atoms with Gasteiger partial charge in [-0.1, -0.05) is 30.3 Å². The van der Waals surface area contributed by atoms with Gasteiger partial charge in [0.1, 0.15) is 6.54 Å². The molecule has 1 amide bonds. The number of aromatic nitrogens is 2. The first-order valence-corrected chi connectivity index (χ1v) is 9.42. The summed E-state index contributed by atoms with van der Waals surface area (Å²) in [7, 11) is 0. The zero-order valence-electron chi connectivity index (χ0n) is 16.1. The largest absolute Gasteiger partial charge is 0.454 e. The van der Waals surface area contributed by atoms with Crippen LogP contribution in [0.25, 0.3) is 11.3 Å². The maximum Gasteiger partial charge on any atom is 0.254 e. The first kappa shape index (κ1) is 18.7. The highest BCUT2D eigenvalue weighted by molar-refractivity contribution is 5.76. The third-order valence-electron chi connectivity index (χ3n) is 4.80. The molecule has 0 saturated heterocycles. The fourth-order valence-electron chi connectivity index (χ4n) is 3.18. The Bertz CT molecular complexity index is 1080. The van der Waals surface area contributed by atoms with Gasteiger partial charge in [-0.05, 0) is 30.7 Å². The van der Waals surface area contributed by atoms with Gasteiger partial charge in [-0.2, -0.15) is 0 Å². The fraction of sp³-hybridized carbons (Fsp3) is 0.227. The monoisotopic (exact) mass is 391 g/mol. The van der Waals surface area contributed by atoms with Gasteiger partial charge in [0.05, 0.1) is 12.0 Å². The van der Waals surface area contributed by atoms with Crippen LogP contribution in [0, 0.1) is 0 Å². The van der Waals surface area contributed by atoms with Crippen LogP contribution in [-0.4, -0.2) is 33.7 Å². The molecule has 2 aromatic carbocycles. The topological polar surface area (TPSA) is 73.7 Å². The van der Waals surface area contributed by atoms with Crippen LogP contribution in [-0.2, 0) is 17.9 Å². The molecule has 0 unspecified atom stereocenters. The minimum Gasteiger partial charge on any atom is -0.454 e. The zero-order valence-corrected chi connectivity index (χ0v) is 16.1. The maximum atomic E-state index is 12.7. The molecule has 0 radical (unpaired) electrons. The van der Waals surface area contributed by atoms with Gasteiger partial charge in [-0.3, -0.25) is 14.2 Å². The van der Waals surface area contributed by atoms with Crippen LogP contribution in [0.15, 0.2) is 65.7 Å². The lowest BCUT2D eigenvalue weighted by atomic mass is 10.1. The number of likely N-dealkylation sites (N-methyl/N-ethyl adjacent to an activating group) is 1. The molecule has 0 atom stereocenters. The van der Waals surface area contributed by atoms with Crippen molar-refractivity contribution in [1.29, 1.82) is 0 Å². The van der Waals surface area contributed by atoms with E-state index < -0.39 is 0 Å². The van der Waals surface area contributed by atoms with Crippen LogP contribution in [0.4, 0.5) is 0 Å². The molecule has 1 aliphatic heterocycles. The van der Waals surface area contributed by atoms with E-state index in [0.29, 0.717) is 30.3 Å². The molecule has 29 heavy (non-hydrogen) atoms. The van der Waals surface area contributed by atoms with E-state index in [1.165, 1.54) is 17.0 Å². The SMILES string of the molecule is CCN(Cc1ccccc1)C(=O)Cn1cnc(-c2ccc3c(c2)OCO3)cc1=O. The van der Waals surface area contributed by atoms with Crippen LogP contribution >= 0.6 is 0 Å². The molecule has 2 heterocycles. The van der Waals surface area contributed by atoms with E-state index in [2.05, 4.69) is 4.98 Å². The molecular formula is C22H21N3O4. The molecule has 7 nitrogen and oxygen atoms in total. The number of ether oxygens (including phenoxy) is 2. The number of carbonyl (C=O) groups excluding carboxylic acids is 1. The summed E-state index contributed by atoms with van der Waals surface area (Å²) >= 11 is 0. The average molecular weight is 391 g/mol. The van der Waals surface area contributed by atoms with Crippen LogP contribution in [0.5, 0.6) is 11.5 Å². The van der Waals surface area contributed by atoms with Crippen molar-refractivity contribution in [2.24, 2.45) is 0 Å². The lowest BCUT2D eigenvalue weighted by Gasteiger charge is -2.21. The Labute approximate surface area is 168 Å². The Morgan fingerprint density at radius 1 is 1.10 bits per heavy atom. The quantitative estimate of drug-likeness (QED) is 0.646. The van der Waals surface area contributed by atoms with Gasteiger partial charge in [0.15, 0.2) is 11.5 Å². The number of amides is 1. The van der Waals surface area contributed by atoms with Crippen molar-refractivity contribution in [3.05, 3.63) is 76.8 Å². The summed E-state index contributed by atoms with van der Waals surface area (Å²) in [6.07, 6.45) is 1.41. The van der Waals surface area contributed by atoms with Crippen LogP contribution in [0.2, 0.25) is 0 Å². The van der Waals surface area contributed by atoms with Crippen molar-refractivity contribution in [2.45, 2.75) is 20.0 Å². The van der Waals surface area contributed by atoms with Gasteiger partial charge < -0.3 is 14.4 Å². The van der Waals surface area contributed by atoms with Crippen molar-refractivity contribution in [3.63, 3.8) is 0 Å².